The number of halogens is 4. The minimum Gasteiger partial charge on any atom is -0.406 e. The van der Waals surface area contributed by atoms with Crippen molar-refractivity contribution in [2.45, 2.75) is 25.4 Å². The average molecular weight is 413 g/mol. The Kier molecular flexibility index (Phi) is 5.86. The van der Waals surface area contributed by atoms with Crippen LogP contribution >= 0.6 is 12.4 Å². The summed E-state index contributed by atoms with van der Waals surface area (Å²) >= 11 is 0. The van der Waals surface area contributed by atoms with Gasteiger partial charge in [-0.05, 0) is 35.7 Å². The number of ether oxygens (including phenoxy) is 1. The highest BCUT2D eigenvalue weighted by Gasteiger charge is 2.37. The van der Waals surface area contributed by atoms with Crippen molar-refractivity contribution in [1.29, 1.82) is 0 Å². The van der Waals surface area contributed by atoms with Gasteiger partial charge >= 0.3 is 6.36 Å². The molecular formula is C20H20ClF3N2O2. The van der Waals surface area contributed by atoms with Gasteiger partial charge in [-0.25, -0.2) is 0 Å². The SMILES string of the molecule is Cl.O=C(c1cccc(OC(F)(F)F)c1)N1CC(N2CCc3ccccc3C2)C1. The van der Waals surface area contributed by atoms with E-state index in [9.17, 15) is 18.0 Å². The van der Waals surface area contributed by atoms with Crippen LogP contribution in [0.25, 0.3) is 0 Å². The lowest BCUT2D eigenvalue weighted by molar-refractivity contribution is -0.274. The second-order valence-electron chi connectivity index (χ2n) is 6.93. The second-order valence-corrected chi connectivity index (χ2v) is 6.93. The molecule has 0 radical (unpaired) electrons. The van der Waals surface area contributed by atoms with Crippen LogP contribution in [0.15, 0.2) is 48.5 Å². The summed E-state index contributed by atoms with van der Waals surface area (Å²) in [5.41, 5.74) is 2.91. The molecule has 0 bridgehead atoms. The third-order valence-corrected chi connectivity index (χ3v) is 5.14. The Balaban J connectivity index is 0.00000225. The maximum Gasteiger partial charge on any atom is 0.573 e. The first kappa shape index (κ1) is 20.5. The number of nitrogens with zero attached hydrogens (tertiary/aromatic N) is 2. The predicted octanol–water partition coefficient (Wildman–Crippen LogP) is 3.89. The average Bonchev–Trinajstić information content (AvgIpc) is 2.59. The predicted molar refractivity (Wildman–Crippen MR) is 101 cm³/mol. The molecule has 0 aliphatic carbocycles. The Bertz CT molecular complexity index is 853. The van der Waals surface area contributed by atoms with E-state index in [1.807, 2.05) is 6.07 Å². The molecule has 0 spiro atoms. The van der Waals surface area contributed by atoms with Crippen LogP contribution in [0.2, 0.25) is 0 Å². The third-order valence-electron chi connectivity index (χ3n) is 5.14. The van der Waals surface area contributed by atoms with Gasteiger partial charge in [-0.3, -0.25) is 9.69 Å². The number of benzene rings is 2. The van der Waals surface area contributed by atoms with E-state index in [1.54, 1.807) is 4.90 Å². The number of rotatable bonds is 3. The zero-order valence-corrected chi connectivity index (χ0v) is 15.8. The Hall–Kier alpha value is -2.25. The van der Waals surface area contributed by atoms with Gasteiger partial charge in [0.2, 0.25) is 0 Å². The van der Waals surface area contributed by atoms with Gasteiger partial charge < -0.3 is 9.64 Å². The van der Waals surface area contributed by atoms with Crippen molar-refractivity contribution >= 4 is 18.3 Å². The van der Waals surface area contributed by atoms with Crippen molar-refractivity contribution in [3.05, 3.63) is 65.2 Å². The summed E-state index contributed by atoms with van der Waals surface area (Å²) in [6.07, 6.45) is -3.77. The van der Waals surface area contributed by atoms with E-state index >= 15 is 0 Å². The van der Waals surface area contributed by atoms with E-state index in [4.69, 9.17) is 0 Å². The fourth-order valence-electron chi connectivity index (χ4n) is 3.69. The summed E-state index contributed by atoms with van der Waals surface area (Å²) < 4.78 is 40.9. The maximum absolute atomic E-state index is 12.5. The quantitative estimate of drug-likeness (QED) is 0.766. The van der Waals surface area contributed by atoms with Crippen molar-refractivity contribution in [1.82, 2.24) is 9.80 Å². The Morgan fingerprint density at radius 1 is 1.04 bits per heavy atom. The number of alkyl halides is 3. The van der Waals surface area contributed by atoms with E-state index in [0.717, 1.165) is 25.6 Å². The normalized spacial score (nSPS) is 17.3. The van der Waals surface area contributed by atoms with Gasteiger partial charge in [-0.15, -0.1) is 25.6 Å². The summed E-state index contributed by atoms with van der Waals surface area (Å²) in [6.45, 7) is 3.01. The highest BCUT2D eigenvalue weighted by atomic mass is 35.5. The molecule has 4 rings (SSSR count). The molecule has 0 saturated carbocycles. The minimum atomic E-state index is -4.77. The van der Waals surface area contributed by atoms with E-state index in [0.29, 0.717) is 13.1 Å². The monoisotopic (exact) mass is 412 g/mol. The number of carbonyl (C=O) groups excluding carboxylic acids is 1. The number of hydrogen-bond acceptors (Lipinski definition) is 3. The standard InChI is InChI=1S/C20H19F3N2O2.ClH/c21-20(22,23)27-18-7-3-6-15(10-18)19(26)25-12-17(13-25)24-9-8-14-4-1-2-5-16(14)11-24;/h1-7,10,17H,8-9,11-13H2;1H. The summed E-state index contributed by atoms with van der Waals surface area (Å²) in [5, 5.41) is 0. The highest BCUT2D eigenvalue weighted by molar-refractivity contribution is 5.95. The molecular weight excluding hydrogens is 393 g/mol. The fraction of sp³-hybridized carbons (Fsp3) is 0.350. The van der Waals surface area contributed by atoms with E-state index in [1.165, 1.54) is 29.3 Å². The molecule has 8 heteroatoms. The van der Waals surface area contributed by atoms with Crippen molar-refractivity contribution in [2.24, 2.45) is 0 Å². The summed E-state index contributed by atoms with van der Waals surface area (Å²) in [6, 6.07) is 13.9. The summed E-state index contributed by atoms with van der Waals surface area (Å²) in [5.74, 6) is -0.644. The van der Waals surface area contributed by atoms with Crippen LogP contribution < -0.4 is 4.74 Å². The molecule has 0 aromatic heterocycles. The molecule has 1 fully saturated rings. The Labute approximate surface area is 167 Å². The van der Waals surface area contributed by atoms with Gasteiger partial charge in [-0.2, -0.15) is 0 Å². The van der Waals surface area contributed by atoms with Crippen molar-refractivity contribution in [3.63, 3.8) is 0 Å². The van der Waals surface area contributed by atoms with Crippen LogP contribution in [0.1, 0.15) is 21.5 Å². The first-order chi connectivity index (χ1) is 12.9. The number of likely N-dealkylation sites (tertiary alicyclic amines) is 1. The van der Waals surface area contributed by atoms with Gasteiger partial charge in [0.1, 0.15) is 5.75 Å². The molecule has 2 heterocycles. The van der Waals surface area contributed by atoms with Crippen LogP contribution in [0.3, 0.4) is 0 Å². The maximum atomic E-state index is 12.5. The first-order valence-electron chi connectivity index (χ1n) is 8.85. The van der Waals surface area contributed by atoms with Crippen molar-refractivity contribution < 1.29 is 22.7 Å². The molecule has 2 aromatic rings. The third kappa shape index (κ3) is 4.42. The zero-order valence-electron chi connectivity index (χ0n) is 15.0. The van der Waals surface area contributed by atoms with Gasteiger partial charge in [0, 0.05) is 37.8 Å². The smallest absolute Gasteiger partial charge is 0.406 e. The van der Waals surface area contributed by atoms with Gasteiger partial charge in [0.25, 0.3) is 5.91 Å². The number of amides is 1. The molecule has 2 aromatic carbocycles. The number of fused-ring (bicyclic) bond motifs is 1. The Morgan fingerprint density at radius 3 is 2.46 bits per heavy atom. The molecule has 1 saturated heterocycles. The van der Waals surface area contributed by atoms with E-state index < -0.39 is 6.36 Å². The Morgan fingerprint density at radius 2 is 1.75 bits per heavy atom. The molecule has 1 amide bonds. The molecule has 2 aliphatic rings. The number of carbonyl (C=O) groups is 1. The van der Waals surface area contributed by atoms with Crippen LogP contribution in [0.4, 0.5) is 13.2 Å². The van der Waals surface area contributed by atoms with E-state index in [2.05, 4.69) is 27.8 Å². The van der Waals surface area contributed by atoms with Crippen molar-refractivity contribution in [2.75, 3.05) is 19.6 Å². The summed E-state index contributed by atoms with van der Waals surface area (Å²) in [4.78, 5) is 16.6. The second kappa shape index (κ2) is 8.01. The highest BCUT2D eigenvalue weighted by Crippen LogP contribution is 2.27. The fourth-order valence-corrected chi connectivity index (χ4v) is 3.69. The molecule has 0 atom stereocenters. The number of hydrogen-bond donors (Lipinski definition) is 0. The van der Waals surface area contributed by atoms with Crippen LogP contribution in [-0.4, -0.2) is 47.7 Å². The van der Waals surface area contributed by atoms with E-state index in [-0.39, 0.29) is 35.7 Å². The van der Waals surface area contributed by atoms with Gasteiger partial charge in [-0.1, -0.05) is 30.3 Å². The van der Waals surface area contributed by atoms with Crippen molar-refractivity contribution in [3.8, 4) is 5.75 Å². The van der Waals surface area contributed by atoms with Crippen LogP contribution in [0.5, 0.6) is 5.75 Å². The molecule has 0 unspecified atom stereocenters. The molecule has 28 heavy (non-hydrogen) atoms. The largest absolute Gasteiger partial charge is 0.573 e. The topological polar surface area (TPSA) is 32.8 Å². The lowest BCUT2D eigenvalue weighted by Crippen LogP contribution is -2.61. The lowest BCUT2D eigenvalue weighted by atomic mass is 9.96. The van der Waals surface area contributed by atoms with Gasteiger partial charge in [0.05, 0.1) is 0 Å². The molecule has 2 aliphatic heterocycles. The summed E-state index contributed by atoms with van der Waals surface area (Å²) in [7, 11) is 0. The molecule has 150 valence electrons. The van der Waals surface area contributed by atoms with Crippen LogP contribution in [0, 0.1) is 0 Å². The molecule has 4 nitrogen and oxygen atoms in total. The lowest BCUT2D eigenvalue weighted by Gasteiger charge is -2.47. The first-order valence-corrected chi connectivity index (χ1v) is 8.85. The molecule has 0 N–H and O–H groups in total. The van der Waals surface area contributed by atoms with Gasteiger partial charge in [0.15, 0.2) is 0 Å². The van der Waals surface area contributed by atoms with Crippen LogP contribution in [-0.2, 0) is 13.0 Å². The zero-order chi connectivity index (χ0) is 19.0. The minimum absolute atomic E-state index is 0.